The normalized spacial score (nSPS) is 5.66. The van der Waals surface area contributed by atoms with Crippen molar-refractivity contribution in [1.29, 1.82) is 0 Å². The zero-order chi connectivity index (χ0) is 25.6. The van der Waals surface area contributed by atoms with Crippen LogP contribution in [0.5, 0.6) is 0 Å². The Morgan fingerprint density at radius 1 is 0.214 bits per heavy atom. The van der Waals surface area contributed by atoms with Gasteiger partial charge in [0.15, 0.2) is 0 Å². The maximum absolute atomic E-state index is 2.26. The van der Waals surface area contributed by atoms with E-state index in [1.807, 2.05) is 0 Å². The van der Waals surface area contributed by atoms with E-state index >= 15 is 0 Å². The SMILES string of the molecule is C[n+]1ccn(CCCCCCn2cc[n+](C)c2)c1.C[n+]1ccn(CCCCCCn2cc[n+](C)c2)c1.[Mo].[Mo].[Mo].[Mo].[Mo].[Mo].[Mo].[Mo].[O-2].[O-2].[O-2].[O-2].[O-2].[O-2].[O-2].[O-2].[O-2].[O-2].[O-2].[O-2].[O-2].[O-2].[O-2].[O-2].[O-2].[O-2].[O-2].[O-2].[O-2].[O-2].[O-2].[O-2].[O-2].[O-2]. The Kier molecular flexibility index (Phi) is 453. The fourth-order valence-corrected chi connectivity index (χ4v) is 4.42. The number of aromatic nitrogens is 8. The second-order valence-electron chi connectivity index (χ2n) is 10.1. The first-order valence-corrected chi connectivity index (χ1v) is 13.5. The molecular formula is C28H48Mo8N8O26-48. The van der Waals surface area contributed by atoms with Crippen LogP contribution in [0.2, 0.25) is 0 Å². The van der Waals surface area contributed by atoms with Crippen molar-refractivity contribution in [2.45, 2.75) is 77.5 Å². The molecule has 0 aliphatic carbocycles. The van der Waals surface area contributed by atoms with Gasteiger partial charge in [0.1, 0.15) is 49.6 Å². The summed E-state index contributed by atoms with van der Waals surface area (Å²) in [4.78, 5) is 0. The number of unbranched alkanes of at least 4 members (excludes halogenated alkanes) is 6. The van der Waals surface area contributed by atoms with Gasteiger partial charge >= 0.3 is 0 Å². The molecule has 0 aliphatic rings. The molecular weight excluding hydrogens is 1630 g/mol. The third-order valence-electron chi connectivity index (χ3n) is 6.46. The van der Waals surface area contributed by atoms with Crippen LogP contribution in [-0.4, -0.2) is 18.3 Å². The Bertz CT molecular complexity index is 1040. The van der Waals surface area contributed by atoms with E-state index in [4.69, 9.17) is 0 Å². The largest absolute Gasteiger partial charge is 2.00 e. The second-order valence-corrected chi connectivity index (χ2v) is 10.1. The van der Waals surface area contributed by atoms with Crippen LogP contribution in [0.1, 0.15) is 51.4 Å². The number of hydrogen-bond donors (Lipinski definition) is 0. The summed E-state index contributed by atoms with van der Waals surface area (Å²) in [6, 6.07) is 0. The van der Waals surface area contributed by atoms with Gasteiger partial charge < -0.3 is 142 Å². The molecule has 0 saturated carbocycles. The Morgan fingerprint density at radius 2 is 0.329 bits per heavy atom. The van der Waals surface area contributed by atoms with Gasteiger partial charge in [-0.2, -0.15) is 0 Å². The van der Waals surface area contributed by atoms with Gasteiger partial charge in [-0.3, -0.25) is 0 Å². The topological polar surface area (TPSA) is 776 Å². The second kappa shape index (κ2) is 139. The predicted molar refractivity (Wildman–Crippen MR) is 157 cm³/mol. The predicted octanol–water partition coefficient (Wildman–Crippen LogP) is -0.710. The molecule has 0 aromatic carbocycles. The van der Waals surface area contributed by atoms with E-state index in [0.29, 0.717) is 0 Å². The summed E-state index contributed by atoms with van der Waals surface area (Å²) in [5.74, 6) is 0. The molecule has 42 heteroatoms. The number of rotatable bonds is 14. The van der Waals surface area contributed by atoms with Crippen LogP contribution >= 0.6 is 0 Å². The Morgan fingerprint density at radius 3 is 0.414 bits per heavy atom. The van der Waals surface area contributed by atoms with Crippen molar-refractivity contribution in [2.24, 2.45) is 28.2 Å². The summed E-state index contributed by atoms with van der Waals surface area (Å²) in [5.41, 5.74) is 0. The first kappa shape index (κ1) is 228. The van der Waals surface area contributed by atoms with Crippen LogP contribution < -0.4 is 18.3 Å². The van der Waals surface area contributed by atoms with Gasteiger partial charge in [0, 0.05) is 169 Å². The Balaban J connectivity index is -0.00000000926. The molecule has 0 bridgehead atoms. The van der Waals surface area contributed by atoms with E-state index in [1.165, 1.54) is 51.4 Å². The minimum Gasteiger partial charge on any atom is -2.00 e. The molecule has 0 amide bonds. The summed E-state index contributed by atoms with van der Waals surface area (Å²) >= 11 is 0. The smallest absolute Gasteiger partial charge is 0.243 e. The molecule has 0 atom stereocenters. The van der Waals surface area contributed by atoms with Gasteiger partial charge in [-0.05, 0) is 51.4 Å². The molecule has 0 N–H and O–H groups in total. The maximum atomic E-state index is 2.26. The third-order valence-corrected chi connectivity index (χ3v) is 6.46. The summed E-state index contributed by atoms with van der Waals surface area (Å²) in [7, 11) is 8.25. The van der Waals surface area contributed by atoms with Crippen molar-refractivity contribution < 1.29 is 329 Å². The fraction of sp³-hybridized carbons (Fsp3) is 0.571. The quantitative estimate of drug-likeness (QED) is 0.0858. The summed E-state index contributed by atoms with van der Waals surface area (Å²) in [6.07, 6.45) is 35.8. The van der Waals surface area contributed by atoms with Gasteiger partial charge in [0.05, 0.1) is 54.4 Å². The average molecular weight is 1680 g/mol. The fourth-order valence-electron chi connectivity index (χ4n) is 4.42. The van der Waals surface area contributed by atoms with Gasteiger partial charge in [-0.15, -0.1) is 0 Å². The molecule has 4 aromatic rings. The summed E-state index contributed by atoms with van der Waals surface area (Å²) in [5, 5.41) is 0. The van der Waals surface area contributed by atoms with E-state index in [-0.39, 0.29) is 311 Å². The zero-order valence-corrected chi connectivity index (χ0v) is 52.9. The number of nitrogens with zero attached hydrogens (tertiary/aromatic N) is 8. The van der Waals surface area contributed by atoms with E-state index < -0.39 is 0 Å². The molecule has 4 rings (SSSR count). The first-order valence-electron chi connectivity index (χ1n) is 13.5. The molecule has 4 aromatic heterocycles. The molecule has 0 fully saturated rings. The van der Waals surface area contributed by atoms with E-state index in [9.17, 15) is 0 Å². The minimum absolute atomic E-state index is 0. The van der Waals surface area contributed by atoms with Gasteiger partial charge in [-0.25, -0.2) is 36.5 Å². The molecule has 0 spiro atoms. The van der Waals surface area contributed by atoms with Crippen molar-refractivity contribution in [3.05, 3.63) is 74.9 Å². The minimum atomic E-state index is 0. The van der Waals surface area contributed by atoms with Crippen LogP contribution in [0.3, 0.4) is 0 Å². The van der Waals surface area contributed by atoms with Crippen LogP contribution in [-0.2, 0) is 365 Å². The van der Waals surface area contributed by atoms with Crippen LogP contribution in [0, 0.1) is 0 Å². The Labute approximate surface area is 522 Å². The van der Waals surface area contributed by atoms with E-state index in [2.05, 4.69) is 140 Å². The molecule has 0 aliphatic heterocycles. The van der Waals surface area contributed by atoms with Crippen molar-refractivity contribution in [3.8, 4) is 0 Å². The Hall–Kier alpha value is 1.31. The molecule has 0 radical (unpaired) electrons. The molecule has 0 saturated heterocycles. The van der Waals surface area contributed by atoms with Crippen LogP contribution in [0.25, 0.3) is 0 Å². The van der Waals surface area contributed by atoms with E-state index in [1.54, 1.807) is 0 Å². The van der Waals surface area contributed by atoms with Crippen molar-refractivity contribution >= 4 is 0 Å². The van der Waals surface area contributed by atoms with Gasteiger partial charge in [0.2, 0.25) is 25.3 Å². The van der Waals surface area contributed by atoms with Crippen molar-refractivity contribution in [2.75, 3.05) is 0 Å². The monoisotopic (exact) mass is 1700 g/mol. The standard InChI is InChI=1S/2C14H24N4.8Mo.26O/c2*1-15-9-11-17(13-15)7-5-3-4-6-8-18-12-10-16(2)14-18;;;;;;;;;;;;;;;;;;;;;;;;;;;;;;;;;;/h2*9-14H,3-8H2,1-2H3;;;;;;;;;;;;;;;;;;;;;;;;;;;;;;;;;;/q2*+2;;;;;;;;;26*-2. The number of hydrogen-bond acceptors (Lipinski definition) is 0. The first-order chi connectivity index (χ1) is 17.5. The summed E-state index contributed by atoms with van der Waals surface area (Å²) in [6.45, 7) is 4.55. The van der Waals surface area contributed by atoms with Crippen LogP contribution in [0.4, 0.5) is 0 Å². The third kappa shape index (κ3) is 106. The molecule has 4 heterocycles. The number of aryl methyl sites for hydroxylation is 8. The van der Waals surface area contributed by atoms with Gasteiger partial charge in [0.25, 0.3) is 0 Å². The number of imidazole rings is 4. The molecule has 452 valence electrons. The molecule has 0 unspecified atom stereocenters. The van der Waals surface area contributed by atoms with Crippen LogP contribution in [0.15, 0.2) is 74.9 Å². The van der Waals surface area contributed by atoms with Crippen molar-refractivity contribution in [1.82, 2.24) is 18.3 Å². The summed E-state index contributed by atoms with van der Waals surface area (Å²) < 4.78 is 17.4. The zero-order valence-electron chi connectivity index (χ0n) is 36.9. The maximum Gasteiger partial charge on any atom is 0.243 e. The molecule has 34 nitrogen and oxygen atoms in total. The molecule has 70 heavy (non-hydrogen) atoms. The van der Waals surface area contributed by atoms with Gasteiger partial charge in [-0.1, -0.05) is 0 Å². The average Bonchev–Trinajstić information content (AvgIpc) is 3.64. The van der Waals surface area contributed by atoms with E-state index in [0.717, 1.165) is 26.2 Å². The van der Waals surface area contributed by atoms with Crippen molar-refractivity contribution in [3.63, 3.8) is 0 Å².